The molecule has 2 aromatic heterocycles. The van der Waals surface area contributed by atoms with Crippen molar-refractivity contribution in [2.24, 2.45) is 7.05 Å². The summed E-state index contributed by atoms with van der Waals surface area (Å²) in [4.78, 5) is 8.49. The quantitative estimate of drug-likeness (QED) is 0.650. The summed E-state index contributed by atoms with van der Waals surface area (Å²) < 4.78 is 1.98. The average Bonchev–Trinajstić information content (AvgIpc) is 2.81. The smallest absolute Gasteiger partial charge is 0.107 e. The lowest BCUT2D eigenvalue weighted by molar-refractivity contribution is 0.948. The fraction of sp³-hybridized carbons (Fsp3) is 0.0714. The van der Waals surface area contributed by atoms with E-state index in [1.807, 2.05) is 42.1 Å². The van der Waals surface area contributed by atoms with Gasteiger partial charge in [0.15, 0.2) is 0 Å². The van der Waals surface area contributed by atoms with Crippen molar-refractivity contribution < 1.29 is 0 Å². The van der Waals surface area contributed by atoms with Crippen LogP contribution in [0.5, 0.6) is 0 Å². The summed E-state index contributed by atoms with van der Waals surface area (Å²) in [6.45, 7) is 0. The van der Waals surface area contributed by atoms with Gasteiger partial charge in [-0.05, 0) is 17.7 Å². The highest BCUT2D eigenvalue weighted by molar-refractivity contribution is 5.91. The Bertz CT molecular complexity index is 748. The molecule has 0 aliphatic rings. The molecule has 18 heavy (non-hydrogen) atoms. The molecule has 4 heteroatoms. The van der Waals surface area contributed by atoms with Crippen LogP contribution in [0.1, 0.15) is 5.56 Å². The van der Waals surface area contributed by atoms with E-state index < -0.39 is 0 Å². The molecule has 1 aromatic carbocycles. The number of hydrogen-bond donors (Lipinski definition) is 0. The molecule has 2 heterocycles. The molecule has 0 saturated carbocycles. The van der Waals surface area contributed by atoms with Crippen LogP contribution in [-0.4, -0.2) is 14.5 Å². The third-order valence-electron chi connectivity index (χ3n) is 2.95. The van der Waals surface area contributed by atoms with E-state index in [0.717, 1.165) is 22.2 Å². The van der Waals surface area contributed by atoms with Gasteiger partial charge in [0.25, 0.3) is 0 Å². The Labute approximate surface area is 104 Å². The molecule has 0 bridgehead atoms. The normalized spacial score (nSPS) is 10.4. The van der Waals surface area contributed by atoms with Gasteiger partial charge in [0.05, 0.1) is 29.7 Å². The number of nitriles is 1. The Morgan fingerprint density at radius 1 is 1.17 bits per heavy atom. The highest BCUT2D eigenvalue weighted by Crippen LogP contribution is 2.26. The van der Waals surface area contributed by atoms with Crippen LogP contribution < -0.4 is 0 Å². The Hall–Kier alpha value is -2.67. The Kier molecular flexibility index (Phi) is 2.31. The maximum atomic E-state index is 8.81. The van der Waals surface area contributed by atoms with E-state index in [1.54, 1.807) is 12.5 Å². The second-order valence-corrected chi connectivity index (χ2v) is 4.10. The summed E-state index contributed by atoms with van der Waals surface area (Å²) in [6, 6.07) is 9.60. The van der Waals surface area contributed by atoms with Crippen molar-refractivity contribution in [3.05, 3.63) is 48.5 Å². The van der Waals surface area contributed by atoms with Crippen LogP contribution >= 0.6 is 0 Å². The van der Waals surface area contributed by atoms with Gasteiger partial charge in [0, 0.05) is 18.8 Å². The molecule has 4 nitrogen and oxygen atoms in total. The average molecular weight is 234 g/mol. The molecule has 0 atom stereocenters. The number of pyridine rings is 1. The van der Waals surface area contributed by atoms with E-state index >= 15 is 0 Å². The van der Waals surface area contributed by atoms with Gasteiger partial charge in [-0.3, -0.25) is 4.98 Å². The summed E-state index contributed by atoms with van der Waals surface area (Å²) >= 11 is 0. The minimum atomic E-state index is 0.656. The van der Waals surface area contributed by atoms with Crippen LogP contribution in [0.4, 0.5) is 0 Å². The van der Waals surface area contributed by atoms with Gasteiger partial charge in [0.2, 0.25) is 0 Å². The van der Waals surface area contributed by atoms with E-state index in [1.165, 1.54) is 0 Å². The number of fused-ring (bicyclic) bond motifs is 1. The maximum Gasteiger partial charge on any atom is 0.107 e. The lowest BCUT2D eigenvalue weighted by atomic mass is 10.0. The monoisotopic (exact) mass is 234 g/mol. The topological polar surface area (TPSA) is 54.5 Å². The highest BCUT2D eigenvalue weighted by atomic mass is 15.0. The van der Waals surface area contributed by atoms with Crippen molar-refractivity contribution in [2.45, 2.75) is 0 Å². The molecule has 0 saturated heterocycles. The number of nitrogens with zero attached hydrogens (tertiary/aromatic N) is 4. The van der Waals surface area contributed by atoms with Gasteiger partial charge in [-0.1, -0.05) is 12.1 Å². The fourth-order valence-corrected chi connectivity index (χ4v) is 2.05. The molecule has 0 spiro atoms. The van der Waals surface area contributed by atoms with E-state index in [0.29, 0.717) is 5.56 Å². The Morgan fingerprint density at radius 2 is 1.94 bits per heavy atom. The van der Waals surface area contributed by atoms with Crippen LogP contribution in [0.2, 0.25) is 0 Å². The third kappa shape index (κ3) is 1.54. The summed E-state index contributed by atoms with van der Waals surface area (Å²) in [5, 5.41) is 8.81. The SMILES string of the molecule is Cn1cnc2cncc(-c3ccc(C#N)cc3)c21. The summed E-state index contributed by atoms with van der Waals surface area (Å²) in [5.41, 5.74) is 4.64. The van der Waals surface area contributed by atoms with Crippen molar-refractivity contribution in [3.8, 4) is 17.2 Å². The minimum absolute atomic E-state index is 0.656. The number of rotatable bonds is 1. The Morgan fingerprint density at radius 3 is 2.67 bits per heavy atom. The van der Waals surface area contributed by atoms with Crippen molar-refractivity contribution in [1.82, 2.24) is 14.5 Å². The molecule has 0 radical (unpaired) electrons. The summed E-state index contributed by atoms with van der Waals surface area (Å²) in [7, 11) is 1.96. The van der Waals surface area contributed by atoms with Crippen molar-refractivity contribution in [3.63, 3.8) is 0 Å². The van der Waals surface area contributed by atoms with Gasteiger partial charge in [-0.15, -0.1) is 0 Å². The highest BCUT2D eigenvalue weighted by Gasteiger charge is 2.08. The molecule has 0 aliphatic heterocycles. The van der Waals surface area contributed by atoms with Crippen molar-refractivity contribution >= 4 is 11.0 Å². The first-order valence-electron chi connectivity index (χ1n) is 5.55. The molecular weight excluding hydrogens is 224 g/mol. The van der Waals surface area contributed by atoms with E-state index in [-0.39, 0.29) is 0 Å². The first kappa shape index (κ1) is 10.5. The Balaban J connectivity index is 2.24. The largest absolute Gasteiger partial charge is 0.333 e. The maximum absolute atomic E-state index is 8.81. The van der Waals surface area contributed by atoms with Gasteiger partial charge in [0.1, 0.15) is 5.52 Å². The van der Waals surface area contributed by atoms with Crippen LogP contribution in [0.15, 0.2) is 43.0 Å². The number of hydrogen-bond acceptors (Lipinski definition) is 3. The molecule has 0 N–H and O–H groups in total. The fourth-order valence-electron chi connectivity index (χ4n) is 2.05. The molecular formula is C14H10N4. The van der Waals surface area contributed by atoms with E-state index in [2.05, 4.69) is 16.0 Å². The zero-order valence-corrected chi connectivity index (χ0v) is 9.83. The lowest BCUT2D eigenvalue weighted by Crippen LogP contribution is -1.89. The predicted octanol–water partition coefficient (Wildman–Crippen LogP) is 2.51. The summed E-state index contributed by atoms with van der Waals surface area (Å²) in [5.74, 6) is 0. The number of aromatic nitrogens is 3. The zero-order chi connectivity index (χ0) is 12.5. The molecule has 3 rings (SSSR count). The number of aryl methyl sites for hydroxylation is 1. The van der Waals surface area contributed by atoms with Gasteiger partial charge < -0.3 is 4.57 Å². The number of benzene rings is 1. The lowest BCUT2D eigenvalue weighted by Gasteiger charge is -2.04. The van der Waals surface area contributed by atoms with Crippen molar-refractivity contribution in [1.29, 1.82) is 5.26 Å². The molecule has 0 amide bonds. The van der Waals surface area contributed by atoms with Crippen LogP contribution in [0.25, 0.3) is 22.2 Å². The van der Waals surface area contributed by atoms with Crippen LogP contribution in [-0.2, 0) is 7.05 Å². The van der Waals surface area contributed by atoms with Gasteiger partial charge >= 0.3 is 0 Å². The van der Waals surface area contributed by atoms with Gasteiger partial charge in [-0.25, -0.2) is 4.98 Å². The molecule has 86 valence electrons. The molecule has 3 aromatic rings. The predicted molar refractivity (Wildman–Crippen MR) is 68.7 cm³/mol. The van der Waals surface area contributed by atoms with E-state index in [4.69, 9.17) is 5.26 Å². The van der Waals surface area contributed by atoms with Gasteiger partial charge in [-0.2, -0.15) is 5.26 Å². The third-order valence-corrected chi connectivity index (χ3v) is 2.95. The second-order valence-electron chi connectivity index (χ2n) is 4.10. The first-order valence-corrected chi connectivity index (χ1v) is 5.55. The number of imidazole rings is 1. The molecule has 0 aliphatic carbocycles. The van der Waals surface area contributed by atoms with Crippen molar-refractivity contribution in [2.75, 3.05) is 0 Å². The minimum Gasteiger partial charge on any atom is -0.333 e. The van der Waals surface area contributed by atoms with Crippen LogP contribution in [0.3, 0.4) is 0 Å². The molecule has 0 unspecified atom stereocenters. The zero-order valence-electron chi connectivity index (χ0n) is 9.83. The van der Waals surface area contributed by atoms with E-state index in [9.17, 15) is 0 Å². The summed E-state index contributed by atoms with van der Waals surface area (Å²) in [6.07, 6.45) is 5.35. The van der Waals surface area contributed by atoms with Crippen LogP contribution in [0, 0.1) is 11.3 Å². The standard InChI is InChI=1S/C14H10N4/c1-18-9-17-13-8-16-7-12(14(13)18)11-4-2-10(6-15)3-5-11/h2-5,7-9H,1H3. The first-order chi connectivity index (χ1) is 8.79. The molecule has 0 fully saturated rings. The second kappa shape index (κ2) is 3.97.